The molecule has 0 aromatic heterocycles. The van der Waals surface area contributed by atoms with E-state index in [0.717, 1.165) is 18.2 Å². The minimum atomic E-state index is -1.29. The molecular weight excluding hydrogens is 264 g/mol. The van der Waals surface area contributed by atoms with E-state index in [0.29, 0.717) is 0 Å². The Morgan fingerprint density at radius 1 is 1.20 bits per heavy atom. The lowest BCUT2D eigenvalue weighted by molar-refractivity contribution is 0.0696. The van der Waals surface area contributed by atoms with E-state index in [4.69, 9.17) is 16.6 Å². The third kappa shape index (κ3) is 3.74. The van der Waals surface area contributed by atoms with Crippen LogP contribution in [0, 0.1) is 12.3 Å². The summed E-state index contributed by atoms with van der Waals surface area (Å²) in [6, 6.07) is 2.76. The summed E-state index contributed by atoms with van der Waals surface area (Å²) in [5.74, 6) is -0.312. The van der Waals surface area contributed by atoms with E-state index >= 15 is 0 Å². The van der Waals surface area contributed by atoms with Gasteiger partial charge < -0.3 is 20.4 Å². The molecule has 0 spiro atoms. The molecule has 104 valence electrons. The second-order valence-electron chi connectivity index (χ2n) is 3.90. The standard InChI is InChI=1S/C13H12N2O5/c1-3-4-15(2)13(20)14-10-6-8(11(16)17)5-9(7-10)12(18)19/h1,5-7H,4H2,2H3,(H,14,20)(H,16,17)(H,18,19). The summed E-state index contributed by atoms with van der Waals surface area (Å²) in [5, 5.41) is 20.2. The number of hydrogen-bond donors (Lipinski definition) is 3. The molecule has 0 bridgehead atoms. The molecule has 1 aromatic rings. The van der Waals surface area contributed by atoms with Crippen molar-refractivity contribution in [3.8, 4) is 12.3 Å². The fourth-order valence-electron chi connectivity index (χ4n) is 1.37. The minimum absolute atomic E-state index is 0.0657. The van der Waals surface area contributed by atoms with Crippen LogP contribution in [-0.4, -0.2) is 46.7 Å². The molecule has 0 fully saturated rings. The van der Waals surface area contributed by atoms with Crippen LogP contribution in [0.25, 0.3) is 0 Å². The number of anilines is 1. The van der Waals surface area contributed by atoms with Gasteiger partial charge in [0.05, 0.1) is 17.7 Å². The lowest BCUT2D eigenvalue weighted by atomic mass is 10.1. The number of aromatic carboxylic acids is 2. The summed E-state index contributed by atoms with van der Waals surface area (Å²) < 4.78 is 0. The molecule has 0 unspecified atom stereocenters. The number of carbonyl (C=O) groups is 3. The lowest BCUT2D eigenvalue weighted by Gasteiger charge is -2.15. The highest BCUT2D eigenvalue weighted by molar-refractivity contribution is 5.98. The van der Waals surface area contributed by atoms with Crippen molar-refractivity contribution < 1.29 is 24.6 Å². The fourth-order valence-corrected chi connectivity index (χ4v) is 1.37. The highest BCUT2D eigenvalue weighted by atomic mass is 16.4. The molecule has 7 heteroatoms. The van der Waals surface area contributed by atoms with Crippen LogP contribution in [0.2, 0.25) is 0 Å². The first-order valence-electron chi connectivity index (χ1n) is 5.42. The third-order valence-electron chi connectivity index (χ3n) is 2.35. The predicted octanol–water partition coefficient (Wildman–Crippen LogP) is 1.18. The van der Waals surface area contributed by atoms with Crippen molar-refractivity contribution in [2.24, 2.45) is 0 Å². The molecule has 0 aliphatic rings. The van der Waals surface area contributed by atoms with Crippen LogP contribution in [0.1, 0.15) is 20.7 Å². The maximum absolute atomic E-state index is 11.7. The average Bonchev–Trinajstić information content (AvgIpc) is 2.38. The van der Waals surface area contributed by atoms with Crippen LogP contribution in [-0.2, 0) is 0 Å². The van der Waals surface area contributed by atoms with Crippen molar-refractivity contribution in [1.82, 2.24) is 4.90 Å². The molecule has 0 atom stereocenters. The van der Waals surface area contributed by atoms with Crippen LogP contribution in [0.3, 0.4) is 0 Å². The summed E-state index contributed by atoms with van der Waals surface area (Å²) in [5.41, 5.74) is -0.407. The van der Waals surface area contributed by atoms with Crippen LogP contribution >= 0.6 is 0 Å². The van der Waals surface area contributed by atoms with Gasteiger partial charge in [-0.05, 0) is 18.2 Å². The zero-order valence-electron chi connectivity index (χ0n) is 10.6. The van der Waals surface area contributed by atoms with Crippen molar-refractivity contribution in [2.45, 2.75) is 0 Å². The molecule has 0 saturated heterocycles. The van der Waals surface area contributed by atoms with Gasteiger partial charge in [0, 0.05) is 12.7 Å². The van der Waals surface area contributed by atoms with E-state index in [9.17, 15) is 14.4 Å². The maximum Gasteiger partial charge on any atom is 0.335 e. The largest absolute Gasteiger partial charge is 0.478 e. The zero-order valence-corrected chi connectivity index (χ0v) is 10.6. The summed E-state index contributed by atoms with van der Waals surface area (Å²) in [7, 11) is 1.45. The Hall–Kier alpha value is -3.01. The van der Waals surface area contributed by atoms with Crippen molar-refractivity contribution in [2.75, 3.05) is 18.9 Å². The Balaban J connectivity index is 3.06. The van der Waals surface area contributed by atoms with Gasteiger partial charge in [-0.1, -0.05) is 5.92 Å². The van der Waals surface area contributed by atoms with Crippen LogP contribution in [0.15, 0.2) is 18.2 Å². The first kappa shape index (κ1) is 15.0. The van der Waals surface area contributed by atoms with Gasteiger partial charge in [0.15, 0.2) is 0 Å². The number of terminal acetylenes is 1. The van der Waals surface area contributed by atoms with Crippen LogP contribution in [0.5, 0.6) is 0 Å². The highest BCUT2D eigenvalue weighted by Crippen LogP contribution is 2.16. The number of urea groups is 1. The van der Waals surface area contributed by atoms with Gasteiger partial charge in [-0.25, -0.2) is 14.4 Å². The lowest BCUT2D eigenvalue weighted by Crippen LogP contribution is -2.31. The number of nitrogens with one attached hydrogen (secondary N) is 1. The van der Waals surface area contributed by atoms with Crippen molar-refractivity contribution in [1.29, 1.82) is 0 Å². The Morgan fingerprint density at radius 2 is 1.70 bits per heavy atom. The number of carboxylic acids is 2. The van der Waals surface area contributed by atoms with E-state index in [1.165, 1.54) is 11.9 Å². The van der Waals surface area contributed by atoms with Crippen molar-refractivity contribution >= 4 is 23.7 Å². The quantitative estimate of drug-likeness (QED) is 0.716. The smallest absolute Gasteiger partial charge is 0.335 e. The van der Waals surface area contributed by atoms with Crippen molar-refractivity contribution in [3.05, 3.63) is 29.3 Å². The Morgan fingerprint density at radius 3 is 2.10 bits per heavy atom. The van der Waals surface area contributed by atoms with Crippen LogP contribution in [0.4, 0.5) is 10.5 Å². The normalized spacial score (nSPS) is 9.40. The van der Waals surface area contributed by atoms with Gasteiger partial charge >= 0.3 is 18.0 Å². The monoisotopic (exact) mass is 276 g/mol. The molecule has 1 rings (SSSR count). The number of nitrogens with zero attached hydrogens (tertiary/aromatic N) is 1. The number of carbonyl (C=O) groups excluding carboxylic acids is 1. The highest BCUT2D eigenvalue weighted by Gasteiger charge is 2.14. The Bertz CT molecular complexity index is 571. The van der Waals surface area contributed by atoms with E-state index in [1.54, 1.807) is 0 Å². The number of carboxylic acid groups (broad SMARTS) is 2. The van der Waals surface area contributed by atoms with Gasteiger partial charge in [0.25, 0.3) is 0 Å². The molecule has 2 amide bonds. The van der Waals surface area contributed by atoms with Gasteiger partial charge in [0.1, 0.15) is 0 Å². The molecular formula is C13H12N2O5. The topological polar surface area (TPSA) is 107 Å². The predicted molar refractivity (Wildman–Crippen MR) is 70.8 cm³/mol. The number of benzene rings is 1. The molecule has 0 aliphatic carbocycles. The van der Waals surface area contributed by atoms with Gasteiger partial charge in [0.2, 0.25) is 0 Å². The van der Waals surface area contributed by atoms with Gasteiger partial charge in [-0.3, -0.25) is 0 Å². The van der Waals surface area contributed by atoms with E-state index < -0.39 is 18.0 Å². The molecule has 3 N–H and O–H groups in total. The first-order valence-corrected chi connectivity index (χ1v) is 5.42. The summed E-state index contributed by atoms with van der Waals surface area (Å²) in [4.78, 5) is 34.7. The second kappa shape index (κ2) is 6.24. The molecule has 0 radical (unpaired) electrons. The van der Waals surface area contributed by atoms with Gasteiger partial charge in [-0.15, -0.1) is 6.42 Å². The molecule has 7 nitrogen and oxygen atoms in total. The summed E-state index contributed by atoms with van der Waals surface area (Å²) >= 11 is 0. The van der Waals surface area contributed by atoms with Crippen LogP contribution < -0.4 is 5.32 Å². The minimum Gasteiger partial charge on any atom is -0.478 e. The Labute approximate surface area is 114 Å². The summed E-state index contributed by atoms with van der Waals surface area (Å²) in [6.07, 6.45) is 5.06. The Kier molecular flexibility index (Phi) is 4.70. The molecule has 0 saturated carbocycles. The van der Waals surface area contributed by atoms with E-state index in [1.807, 2.05) is 0 Å². The molecule has 0 heterocycles. The van der Waals surface area contributed by atoms with E-state index in [-0.39, 0.29) is 23.4 Å². The average molecular weight is 276 g/mol. The number of amides is 2. The second-order valence-corrected chi connectivity index (χ2v) is 3.90. The summed E-state index contributed by atoms with van der Waals surface area (Å²) in [6.45, 7) is 0.0657. The third-order valence-corrected chi connectivity index (χ3v) is 2.35. The SMILES string of the molecule is C#CCN(C)C(=O)Nc1cc(C(=O)O)cc(C(=O)O)c1. The van der Waals surface area contributed by atoms with E-state index in [2.05, 4.69) is 11.2 Å². The maximum atomic E-state index is 11.7. The van der Waals surface area contributed by atoms with Gasteiger partial charge in [-0.2, -0.15) is 0 Å². The fraction of sp³-hybridized carbons (Fsp3) is 0.154. The molecule has 20 heavy (non-hydrogen) atoms. The first-order chi connectivity index (χ1) is 9.35. The number of hydrogen-bond acceptors (Lipinski definition) is 3. The zero-order chi connectivity index (χ0) is 15.3. The number of rotatable bonds is 4. The molecule has 0 aliphatic heterocycles. The van der Waals surface area contributed by atoms with Crippen molar-refractivity contribution in [3.63, 3.8) is 0 Å². The molecule has 1 aromatic carbocycles.